The first-order valence-electron chi connectivity index (χ1n) is 6.71. The molecule has 0 aromatic carbocycles. The lowest BCUT2D eigenvalue weighted by molar-refractivity contribution is -0.141. The molecule has 2 unspecified atom stereocenters. The molecule has 6 heteroatoms. The van der Waals surface area contributed by atoms with Gasteiger partial charge in [-0.25, -0.2) is 0 Å². The fraction of sp³-hybridized carbons (Fsp3) is 0.769. The first-order chi connectivity index (χ1) is 8.88. The normalized spacial score (nSPS) is 23.7. The largest absolute Gasteiger partial charge is 0.435 e. The third kappa shape index (κ3) is 3.49. The van der Waals surface area contributed by atoms with E-state index in [1.807, 2.05) is 0 Å². The van der Waals surface area contributed by atoms with Crippen LogP contribution in [0.25, 0.3) is 0 Å². The Morgan fingerprint density at radius 1 is 1.42 bits per heavy atom. The standard InChI is InChI=1S/C13H20F3N3/c1-9(2)7-17-8-10-3-4-11(10)19-6-5-12(18-19)13(14,15)16/h5-6,9-11,17H,3-4,7-8H2,1-2H3. The number of alkyl halides is 3. The zero-order valence-corrected chi connectivity index (χ0v) is 11.2. The van der Waals surface area contributed by atoms with Gasteiger partial charge in [0, 0.05) is 12.7 Å². The van der Waals surface area contributed by atoms with Crippen molar-refractivity contribution in [3.05, 3.63) is 18.0 Å². The van der Waals surface area contributed by atoms with Gasteiger partial charge in [-0.2, -0.15) is 18.3 Å². The van der Waals surface area contributed by atoms with Crippen molar-refractivity contribution in [2.45, 2.75) is 38.9 Å². The molecule has 1 saturated carbocycles. The van der Waals surface area contributed by atoms with Crippen molar-refractivity contribution in [1.82, 2.24) is 15.1 Å². The summed E-state index contributed by atoms with van der Waals surface area (Å²) in [5.74, 6) is 0.972. The van der Waals surface area contributed by atoms with Gasteiger partial charge in [0.15, 0.2) is 5.69 Å². The van der Waals surface area contributed by atoms with E-state index in [1.165, 1.54) is 10.9 Å². The summed E-state index contributed by atoms with van der Waals surface area (Å²) in [4.78, 5) is 0. The van der Waals surface area contributed by atoms with E-state index in [2.05, 4.69) is 24.3 Å². The van der Waals surface area contributed by atoms with Gasteiger partial charge in [-0.15, -0.1) is 0 Å². The van der Waals surface area contributed by atoms with Crippen LogP contribution in [0.5, 0.6) is 0 Å². The number of rotatable bonds is 5. The monoisotopic (exact) mass is 275 g/mol. The smallest absolute Gasteiger partial charge is 0.316 e. The molecule has 1 aliphatic carbocycles. The lowest BCUT2D eigenvalue weighted by atomic mass is 9.79. The van der Waals surface area contributed by atoms with Crippen LogP contribution in [-0.2, 0) is 6.18 Å². The maximum atomic E-state index is 12.5. The van der Waals surface area contributed by atoms with Gasteiger partial charge in [0.1, 0.15) is 0 Å². The van der Waals surface area contributed by atoms with E-state index in [-0.39, 0.29) is 6.04 Å². The number of nitrogens with zero attached hydrogens (tertiary/aromatic N) is 2. The van der Waals surface area contributed by atoms with Gasteiger partial charge >= 0.3 is 6.18 Å². The van der Waals surface area contributed by atoms with Crippen molar-refractivity contribution in [3.8, 4) is 0 Å². The number of nitrogens with one attached hydrogen (secondary N) is 1. The molecule has 2 atom stereocenters. The first kappa shape index (κ1) is 14.4. The molecule has 1 aliphatic rings. The third-order valence-electron chi connectivity index (χ3n) is 3.58. The Kier molecular flexibility index (Phi) is 4.18. The molecule has 1 aromatic rings. The van der Waals surface area contributed by atoms with Crippen LogP contribution in [0, 0.1) is 11.8 Å². The lowest BCUT2D eigenvalue weighted by Gasteiger charge is -2.37. The highest BCUT2D eigenvalue weighted by molar-refractivity contribution is 5.05. The van der Waals surface area contributed by atoms with E-state index in [4.69, 9.17) is 0 Å². The summed E-state index contributed by atoms with van der Waals surface area (Å²) in [6, 6.07) is 1.16. The van der Waals surface area contributed by atoms with Crippen LogP contribution in [0.15, 0.2) is 12.3 Å². The predicted molar refractivity (Wildman–Crippen MR) is 66.7 cm³/mol. The number of halogens is 3. The molecule has 0 amide bonds. The molecule has 19 heavy (non-hydrogen) atoms. The van der Waals surface area contributed by atoms with Crippen molar-refractivity contribution in [3.63, 3.8) is 0 Å². The van der Waals surface area contributed by atoms with Crippen molar-refractivity contribution < 1.29 is 13.2 Å². The zero-order chi connectivity index (χ0) is 14.0. The fourth-order valence-corrected chi connectivity index (χ4v) is 2.37. The van der Waals surface area contributed by atoms with E-state index >= 15 is 0 Å². The quantitative estimate of drug-likeness (QED) is 0.895. The second kappa shape index (κ2) is 5.53. The second-order valence-electron chi connectivity index (χ2n) is 5.64. The van der Waals surface area contributed by atoms with Crippen LogP contribution >= 0.6 is 0 Å². The molecule has 1 heterocycles. The number of hydrogen-bond acceptors (Lipinski definition) is 2. The van der Waals surface area contributed by atoms with Crippen molar-refractivity contribution in [1.29, 1.82) is 0 Å². The molecule has 0 aliphatic heterocycles. The predicted octanol–water partition coefficient (Wildman–Crippen LogP) is 3.10. The molecule has 1 aromatic heterocycles. The van der Waals surface area contributed by atoms with E-state index in [0.717, 1.165) is 32.0 Å². The minimum atomic E-state index is -4.35. The first-order valence-corrected chi connectivity index (χ1v) is 6.71. The van der Waals surface area contributed by atoms with E-state index < -0.39 is 11.9 Å². The van der Waals surface area contributed by atoms with E-state index in [0.29, 0.717) is 11.8 Å². The molecule has 3 nitrogen and oxygen atoms in total. The molecule has 2 rings (SSSR count). The summed E-state index contributed by atoms with van der Waals surface area (Å²) in [5, 5.41) is 7.02. The van der Waals surface area contributed by atoms with Crippen LogP contribution in [0.4, 0.5) is 13.2 Å². The van der Waals surface area contributed by atoms with E-state index in [9.17, 15) is 13.2 Å². The summed E-state index contributed by atoms with van der Waals surface area (Å²) in [7, 11) is 0. The second-order valence-corrected chi connectivity index (χ2v) is 5.64. The molecular formula is C13H20F3N3. The summed E-state index contributed by atoms with van der Waals surface area (Å²) in [6.45, 7) is 6.06. The van der Waals surface area contributed by atoms with Crippen molar-refractivity contribution in [2.75, 3.05) is 13.1 Å². The minimum absolute atomic E-state index is 0.107. The van der Waals surface area contributed by atoms with Crippen LogP contribution < -0.4 is 5.32 Å². The topological polar surface area (TPSA) is 29.9 Å². The van der Waals surface area contributed by atoms with Crippen LogP contribution in [0.1, 0.15) is 38.4 Å². The molecule has 0 bridgehead atoms. The molecule has 0 radical (unpaired) electrons. The Labute approximate surface area is 111 Å². The van der Waals surface area contributed by atoms with Crippen molar-refractivity contribution >= 4 is 0 Å². The Hall–Kier alpha value is -1.04. The summed E-state index contributed by atoms with van der Waals surface area (Å²) >= 11 is 0. The third-order valence-corrected chi connectivity index (χ3v) is 3.58. The average Bonchev–Trinajstić information content (AvgIpc) is 2.71. The SMILES string of the molecule is CC(C)CNCC1CCC1n1ccc(C(F)(F)F)n1. The Bertz CT molecular complexity index is 412. The van der Waals surface area contributed by atoms with Gasteiger partial charge < -0.3 is 5.32 Å². The minimum Gasteiger partial charge on any atom is -0.316 e. The number of hydrogen-bond donors (Lipinski definition) is 1. The molecule has 1 fully saturated rings. The van der Waals surface area contributed by atoms with Crippen molar-refractivity contribution in [2.24, 2.45) is 11.8 Å². The van der Waals surface area contributed by atoms with Gasteiger partial charge in [0.2, 0.25) is 0 Å². The zero-order valence-electron chi connectivity index (χ0n) is 11.2. The highest BCUT2D eigenvalue weighted by Crippen LogP contribution is 2.38. The lowest BCUT2D eigenvalue weighted by Crippen LogP contribution is -2.38. The highest BCUT2D eigenvalue weighted by Gasteiger charge is 2.37. The van der Waals surface area contributed by atoms with Gasteiger partial charge in [-0.1, -0.05) is 13.8 Å². The van der Waals surface area contributed by atoms with Gasteiger partial charge in [0.05, 0.1) is 6.04 Å². The molecular weight excluding hydrogens is 255 g/mol. The average molecular weight is 275 g/mol. The highest BCUT2D eigenvalue weighted by atomic mass is 19.4. The Morgan fingerprint density at radius 3 is 2.63 bits per heavy atom. The summed E-state index contributed by atoms with van der Waals surface area (Å²) in [5.41, 5.74) is -0.798. The van der Waals surface area contributed by atoms with Crippen LogP contribution in [0.2, 0.25) is 0 Å². The fourth-order valence-electron chi connectivity index (χ4n) is 2.37. The molecule has 1 N–H and O–H groups in total. The maximum absolute atomic E-state index is 12.5. The van der Waals surface area contributed by atoms with Gasteiger partial charge in [-0.3, -0.25) is 4.68 Å². The molecule has 0 saturated heterocycles. The molecule has 108 valence electrons. The number of aromatic nitrogens is 2. The molecule has 0 spiro atoms. The summed E-state index contributed by atoms with van der Waals surface area (Å²) < 4.78 is 38.9. The maximum Gasteiger partial charge on any atom is 0.435 e. The van der Waals surface area contributed by atoms with Gasteiger partial charge in [0.25, 0.3) is 0 Å². The van der Waals surface area contributed by atoms with E-state index in [1.54, 1.807) is 0 Å². The summed E-state index contributed by atoms with van der Waals surface area (Å²) in [6.07, 6.45) is -0.938. The van der Waals surface area contributed by atoms with Gasteiger partial charge in [-0.05, 0) is 37.3 Å². The Morgan fingerprint density at radius 2 is 2.16 bits per heavy atom. The van der Waals surface area contributed by atoms with Crippen LogP contribution in [-0.4, -0.2) is 22.9 Å². The van der Waals surface area contributed by atoms with Crippen LogP contribution in [0.3, 0.4) is 0 Å². The Balaban J connectivity index is 1.90.